The van der Waals surface area contributed by atoms with Gasteiger partial charge in [-0.1, -0.05) is 71.9 Å². The highest BCUT2D eigenvalue weighted by atomic mass is 35.5. The van der Waals surface area contributed by atoms with Crippen molar-refractivity contribution in [1.82, 2.24) is 0 Å². The zero-order valence-corrected chi connectivity index (χ0v) is 15.9. The Morgan fingerprint density at radius 1 is 0.889 bits per heavy atom. The highest BCUT2D eigenvalue weighted by molar-refractivity contribution is 7.99. The van der Waals surface area contributed by atoms with E-state index in [0.717, 1.165) is 20.7 Å². The summed E-state index contributed by atoms with van der Waals surface area (Å²) in [6.45, 7) is 0.540. The second kappa shape index (κ2) is 7.91. The SMILES string of the molecule is O=c1oc2ccccc2c(Sc2ccc(Cl)cc2)c1NCc1ccccc1. The molecule has 1 heterocycles. The van der Waals surface area contributed by atoms with E-state index in [0.29, 0.717) is 22.8 Å². The Morgan fingerprint density at radius 2 is 1.59 bits per heavy atom. The first kappa shape index (κ1) is 17.7. The van der Waals surface area contributed by atoms with Crippen LogP contribution < -0.4 is 10.9 Å². The highest BCUT2D eigenvalue weighted by Gasteiger charge is 2.16. The Kier molecular flexibility index (Phi) is 5.19. The molecule has 0 bridgehead atoms. The predicted molar refractivity (Wildman–Crippen MR) is 112 cm³/mol. The van der Waals surface area contributed by atoms with Crippen molar-refractivity contribution in [3.05, 3.63) is 99.9 Å². The Labute approximate surface area is 166 Å². The average Bonchev–Trinajstić information content (AvgIpc) is 2.70. The van der Waals surface area contributed by atoms with E-state index in [2.05, 4.69) is 5.32 Å². The quantitative estimate of drug-likeness (QED) is 0.409. The maximum absolute atomic E-state index is 12.7. The van der Waals surface area contributed by atoms with E-state index in [4.69, 9.17) is 16.0 Å². The van der Waals surface area contributed by atoms with Crippen molar-refractivity contribution in [2.24, 2.45) is 0 Å². The van der Waals surface area contributed by atoms with Crippen LogP contribution in [0.2, 0.25) is 5.02 Å². The Morgan fingerprint density at radius 3 is 2.37 bits per heavy atom. The van der Waals surface area contributed by atoms with Gasteiger partial charge >= 0.3 is 5.63 Å². The van der Waals surface area contributed by atoms with Crippen LogP contribution in [0.3, 0.4) is 0 Å². The molecular formula is C22H16ClNO2S. The third-order valence-electron chi connectivity index (χ3n) is 4.11. The molecule has 134 valence electrons. The zero-order chi connectivity index (χ0) is 18.6. The van der Waals surface area contributed by atoms with E-state index >= 15 is 0 Å². The van der Waals surface area contributed by atoms with Gasteiger partial charge in [0.15, 0.2) is 0 Å². The molecule has 27 heavy (non-hydrogen) atoms. The molecule has 0 saturated heterocycles. The minimum atomic E-state index is -0.374. The summed E-state index contributed by atoms with van der Waals surface area (Å²) in [7, 11) is 0. The molecule has 1 N–H and O–H groups in total. The van der Waals surface area contributed by atoms with Crippen LogP contribution in [0.15, 0.2) is 97.9 Å². The van der Waals surface area contributed by atoms with Crippen LogP contribution >= 0.6 is 23.4 Å². The molecule has 3 nitrogen and oxygen atoms in total. The lowest BCUT2D eigenvalue weighted by atomic mass is 10.2. The first-order chi connectivity index (χ1) is 13.2. The lowest BCUT2D eigenvalue weighted by Gasteiger charge is -2.13. The van der Waals surface area contributed by atoms with Gasteiger partial charge in [-0.2, -0.15) is 0 Å². The molecule has 3 aromatic carbocycles. The standard InChI is InChI=1S/C22H16ClNO2S/c23-16-10-12-17(13-11-16)27-21-18-8-4-5-9-19(18)26-22(25)20(21)24-14-15-6-2-1-3-7-15/h1-13,24H,14H2. The van der Waals surface area contributed by atoms with Crippen LogP contribution in [0.5, 0.6) is 0 Å². The zero-order valence-electron chi connectivity index (χ0n) is 14.3. The maximum Gasteiger partial charge on any atom is 0.361 e. The predicted octanol–water partition coefficient (Wildman–Crippen LogP) is 6.21. The van der Waals surface area contributed by atoms with Gasteiger partial charge in [0.1, 0.15) is 11.3 Å². The molecule has 1 aromatic heterocycles. The Hall–Kier alpha value is -2.69. The summed E-state index contributed by atoms with van der Waals surface area (Å²) in [6, 6.07) is 25.1. The van der Waals surface area contributed by atoms with Gasteiger partial charge in [0.25, 0.3) is 0 Å². The fourth-order valence-electron chi connectivity index (χ4n) is 2.79. The molecule has 0 unspecified atom stereocenters. The van der Waals surface area contributed by atoms with Gasteiger partial charge in [0, 0.05) is 21.8 Å². The van der Waals surface area contributed by atoms with Crippen molar-refractivity contribution in [3.8, 4) is 0 Å². The molecule has 0 fully saturated rings. The van der Waals surface area contributed by atoms with Gasteiger partial charge in [0.2, 0.25) is 0 Å². The number of rotatable bonds is 5. The van der Waals surface area contributed by atoms with E-state index < -0.39 is 0 Å². The summed E-state index contributed by atoms with van der Waals surface area (Å²) in [5.74, 6) is 0. The van der Waals surface area contributed by atoms with E-state index in [-0.39, 0.29) is 5.63 Å². The van der Waals surface area contributed by atoms with Crippen LogP contribution in [0.4, 0.5) is 5.69 Å². The molecule has 4 rings (SSSR count). The van der Waals surface area contributed by atoms with Gasteiger partial charge in [-0.05, 0) is 35.9 Å². The van der Waals surface area contributed by atoms with Crippen LogP contribution in [0.1, 0.15) is 5.56 Å². The van der Waals surface area contributed by atoms with Crippen molar-refractivity contribution in [3.63, 3.8) is 0 Å². The molecule has 0 aliphatic heterocycles. The summed E-state index contributed by atoms with van der Waals surface area (Å²) in [5, 5.41) is 4.84. The summed E-state index contributed by atoms with van der Waals surface area (Å²) in [4.78, 5) is 14.5. The van der Waals surface area contributed by atoms with Gasteiger partial charge < -0.3 is 9.73 Å². The number of fused-ring (bicyclic) bond motifs is 1. The number of para-hydroxylation sites is 1. The van der Waals surface area contributed by atoms with Crippen molar-refractivity contribution in [2.75, 3.05) is 5.32 Å². The lowest BCUT2D eigenvalue weighted by Crippen LogP contribution is -2.12. The molecule has 0 aliphatic carbocycles. The fraction of sp³-hybridized carbons (Fsp3) is 0.0455. The van der Waals surface area contributed by atoms with Crippen LogP contribution in [0.25, 0.3) is 11.0 Å². The lowest BCUT2D eigenvalue weighted by molar-refractivity contribution is 0.559. The van der Waals surface area contributed by atoms with Crippen LogP contribution in [-0.4, -0.2) is 0 Å². The minimum Gasteiger partial charge on any atom is -0.421 e. The number of benzene rings is 3. The number of anilines is 1. The van der Waals surface area contributed by atoms with Crippen molar-refractivity contribution >= 4 is 40.0 Å². The van der Waals surface area contributed by atoms with E-state index in [1.807, 2.05) is 78.9 Å². The van der Waals surface area contributed by atoms with Crippen LogP contribution in [0, 0.1) is 0 Å². The third kappa shape index (κ3) is 4.02. The second-order valence-corrected chi connectivity index (χ2v) is 7.51. The van der Waals surface area contributed by atoms with E-state index in [1.165, 1.54) is 11.8 Å². The summed E-state index contributed by atoms with van der Waals surface area (Å²) in [6.07, 6.45) is 0. The first-order valence-corrected chi connectivity index (χ1v) is 9.67. The maximum atomic E-state index is 12.7. The topological polar surface area (TPSA) is 42.2 Å². The molecule has 0 aliphatic rings. The number of halogens is 1. The van der Waals surface area contributed by atoms with Crippen LogP contribution in [-0.2, 0) is 6.54 Å². The van der Waals surface area contributed by atoms with Gasteiger partial charge in [-0.25, -0.2) is 4.79 Å². The van der Waals surface area contributed by atoms with E-state index in [9.17, 15) is 4.79 Å². The fourth-order valence-corrected chi connectivity index (χ4v) is 3.96. The van der Waals surface area contributed by atoms with Gasteiger partial charge in [0.05, 0.1) is 4.90 Å². The molecule has 5 heteroatoms. The molecule has 4 aromatic rings. The highest BCUT2D eigenvalue weighted by Crippen LogP contribution is 2.37. The molecule has 0 amide bonds. The Balaban J connectivity index is 1.77. The average molecular weight is 394 g/mol. The summed E-state index contributed by atoms with van der Waals surface area (Å²) >= 11 is 7.52. The smallest absolute Gasteiger partial charge is 0.361 e. The van der Waals surface area contributed by atoms with Gasteiger partial charge in [-0.3, -0.25) is 0 Å². The Bertz CT molecular complexity index is 1120. The van der Waals surface area contributed by atoms with Crippen molar-refractivity contribution in [1.29, 1.82) is 0 Å². The van der Waals surface area contributed by atoms with E-state index in [1.54, 1.807) is 0 Å². The molecular weight excluding hydrogens is 378 g/mol. The third-order valence-corrected chi connectivity index (χ3v) is 5.50. The minimum absolute atomic E-state index is 0.374. The molecule has 0 atom stereocenters. The van der Waals surface area contributed by atoms with Crippen molar-refractivity contribution in [2.45, 2.75) is 16.3 Å². The monoisotopic (exact) mass is 393 g/mol. The summed E-state index contributed by atoms with van der Waals surface area (Å²) in [5.41, 5.74) is 1.76. The first-order valence-electron chi connectivity index (χ1n) is 8.48. The number of nitrogens with one attached hydrogen (secondary N) is 1. The molecule has 0 saturated carbocycles. The number of hydrogen-bond donors (Lipinski definition) is 1. The number of hydrogen-bond acceptors (Lipinski definition) is 4. The second-order valence-electron chi connectivity index (χ2n) is 5.98. The van der Waals surface area contributed by atoms with Gasteiger partial charge in [-0.15, -0.1) is 0 Å². The summed E-state index contributed by atoms with van der Waals surface area (Å²) < 4.78 is 5.53. The largest absolute Gasteiger partial charge is 0.421 e. The molecule has 0 spiro atoms. The molecule has 0 radical (unpaired) electrons. The van der Waals surface area contributed by atoms with Crippen molar-refractivity contribution < 1.29 is 4.42 Å². The normalized spacial score (nSPS) is 10.9.